The van der Waals surface area contributed by atoms with Crippen LogP contribution in [0.2, 0.25) is 0 Å². The number of Topliss-reactive ketones (excluding diaryl/α,β-unsaturated/α-hetero) is 1. The Morgan fingerprint density at radius 1 is 1.24 bits per heavy atom. The van der Waals surface area contributed by atoms with Gasteiger partial charge >= 0.3 is 0 Å². The summed E-state index contributed by atoms with van der Waals surface area (Å²) in [6, 6.07) is 0. The first-order valence-corrected chi connectivity index (χ1v) is 6.78. The fraction of sp³-hybridized carbons (Fsp3) is 0.667. The highest BCUT2D eigenvalue weighted by Gasteiger charge is 2.23. The molecule has 0 N–H and O–H groups in total. The highest BCUT2D eigenvalue weighted by molar-refractivity contribution is 7.16. The van der Waals surface area contributed by atoms with Gasteiger partial charge in [-0.05, 0) is 26.9 Å². The molecule has 0 saturated carbocycles. The Balaban J connectivity index is 2.09. The highest BCUT2D eigenvalue weighted by Crippen LogP contribution is 2.31. The summed E-state index contributed by atoms with van der Waals surface area (Å²) in [4.78, 5) is 21.6. The van der Waals surface area contributed by atoms with E-state index in [0.29, 0.717) is 6.42 Å². The van der Waals surface area contributed by atoms with Gasteiger partial charge in [-0.15, -0.1) is 11.3 Å². The number of anilines is 1. The van der Waals surface area contributed by atoms with Crippen LogP contribution in [0.25, 0.3) is 0 Å². The number of carbonyl (C=O) groups is 1. The van der Waals surface area contributed by atoms with Crippen molar-refractivity contribution in [2.75, 3.05) is 39.1 Å². The Morgan fingerprint density at radius 3 is 2.65 bits per heavy atom. The first-order chi connectivity index (χ1) is 8.08. The largest absolute Gasteiger partial charge is 0.350 e. The summed E-state index contributed by atoms with van der Waals surface area (Å²) in [6.45, 7) is 1.93. The summed E-state index contributed by atoms with van der Waals surface area (Å²) in [7, 11) is 6.16. The van der Waals surface area contributed by atoms with Crippen molar-refractivity contribution < 1.29 is 4.79 Å². The summed E-state index contributed by atoms with van der Waals surface area (Å²) in [5.74, 6) is 0.217. The molecule has 0 bridgehead atoms. The second-order valence-corrected chi connectivity index (χ2v) is 5.83. The van der Waals surface area contributed by atoms with Crippen LogP contribution in [-0.2, 0) is 6.42 Å². The number of nitrogens with zero attached hydrogens (tertiary/aromatic N) is 3. The lowest BCUT2D eigenvalue weighted by Crippen LogP contribution is -2.28. The number of hydrogen-bond donors (Lipinski definition) is 0. The minimum atomic E-state index is 0.217. The van der Waals surface area contributed by atoms with Crippen LogP contribution in [0.1, 0.15) is 28.2 Å². The number of rotatable bonds is 4. The molecule has 0 atom stereocenters. The van der Waals surface area contributed by atoms with Crippen LogP contribution in [0.4, 0.5) is 5.13 Å². The molecule has 2 rings (SSSR count). The van der Waals surface area contributed by atoms with Gasteiger partial charge in [0.15, 0.2) is 10.9 Å². The van der Waals surface area contributed by atoms with E-state index in [0.717, 1.165) is 36.8 Å². The normalized spacial score (nSPS) is 15.2. The summed E-state index contributed by atoms with van der Waals surface area (Å²) < 4.78 is 0. The average molecular weight is 253 g/mol. The predicted molar refractivity (Wildman–Crippen MR) is 71.2 cm³/mol. The molecule has 0 unspecified atom stereocenters. The van der Waals surface area contributed by atoms with Crippen LogP contribution in [0.3, 0.4) is 0 Å². The number of likely N-dealkylation sites (N-methyl/N-ethyl adjacent to an activating group) is 2. The van der Waals surface area contributed by atoms with Crippen LogP contribution < -0.4 is 4.90 Å². The second kappa shape index (κ2) is 5.14. The zero-order chi connectivity index (χ0) is 12.4. The Kier molecular flexibility index (Phi) is 3.79. The number of fused-ring (bicyclic) bond motifs is 1. The minimum absolute atomic E-state index is 0.217. The van der Waals surface area contributed by atoms with Gasteiger partial charge in [0, 0.05) is 31.4 Å². The molecule has 1 heterocycles. The average Bonchev–Trinajstić information content (AvgIpc) is 2.71. The van der Waals surface area contributed by atoms with E-state index in [1.165, 1.54) is 4.88 Å². The Hall–Kier alpha value is -0.940. The van der Waals surface area contributed by atoms with Gasteiger partial charge in [0.25, 0.3) is 0 Å². The molecule has 94 valence electrons. The maximum Gasteiger partial charge on any atom is 0.186 e. The SMILES string of the molecule is CN(C)CCN(C)c1nc2c(s1)CCCC2=O. The summed E-state index contributed by atoms with van der Waals surface area (Å²) >= 11 is 1.67. The van der Waals surface area contributed by atoms with Crippen molar-refractivity contribution >= 4 is 22.3 Å². The van der Waals surface area contributed by atoms with Gasteiger partial charge in [-0.25, -0.2) is 4.98 Å². The third kappa shape index (κ3) is 2.84. The van der Waals surface area contributed by atoms with Crippen LogP contribution in [0, 0.1) is 0 Å². The molecule has 1 aromatic heterocycles. The number of hydrogen-bond acceptors (Lipinski definition) is 5. The van der Waals surface area contributed by atoms with Crippen molar-refractivity contribution in [3.8, 4) is 0 Å². The molecule has 0 fully saturated rings. The first kappa shape index (κ1) is 12.5. The first-order valence-electron chi connectivity index (χ1n) is 5.96. The molecular formula is C12H19N3OS. The number of thiazole rings is 1. The van der Waals surface area contributed by atoms with Gasteiger partial charge in [0.2, 0.25) is 0 Å². The molecule has 0 radical (unpaired) electrons. The zero-order valence-corrected chi connectivity index (χ0v) is 11.5. The van der Waals surface area contributed by atoms with E-state index in [2.05, 4.69) is 28.9 Å². The number of carbonyl (C=O) groups excluding carboxylic acids is 1. The molecule has 1 aromatic rings. The second-order valence-electron chi connectivity index (χ2n) is 4.77. The summed E-state index contributed by atoms with van der Waals surface area (Å²) in [6.07, 6.45) is 2.66. The van der Waals surface area contributed by atoms with Gasteiger partial charge in [-0.3, -0.25) is 4.79 Å². The maximum absolute atomic E-state index is 11.7. The van der Waals surface area contributed by atoms with Crippen LogP contribution in [0.15, 0.2) is 0 Å². The number of ketones is 1. The molecule has 0 aromatic carbocycles. The smallest absolute Gasteiger partial charge is 0.186 e. The van der Waals surface area contributed by atoms with E-state index < -0.39 is 0 Å². The van der Waals surface area contributed by atoms with Crippen molar-refractivity contribution in [3.63, 3.8) is 0 Å². The Bertz CT molecular complexity index is 414. The summed E-state index contributed by atoms with van der Waals surface area (Å²) in [5, 5.41) is 0.979. The zero-order valence-electron chi connectivity index (χ0n) is 10.7. The quantitative estimate of drug-likeness (QED) is 0.817. The molecule has 4 nitrogen and oxygen atoms in total. The molecule has 17 heavy (non-hydrogen) atoms. The molecule has 0 aliphatic heterocycles. The van der Waals surface area contributed by atoms with Gasteiger partial charge in [0.1, 0.15) is 5.69 Å². The molecule has 1 aliphatic carbocycles. The van der Waals surface area contributed by atoms with Gasteiger partial charge < -0.3 is 9.80 Å². The predicted octanol–water partition coefficient (Wildman–Crippen LogP) is 1.66. The van der Waals surface area contributed by atoms with Crippen LogP contribution >= 0.6 is 11.3 Å². The molecular weight excluding hydrogens is 234 g/mol. The third-order valence-electron chi connectivity index (χ3n) is 2.97. The number of aryl methyl sites for hydroxylation is 1. The van der Waals surface area contributed by atoms with Crippen LogP contribution in [0.5, 0.6) is 0 Å². The van der Waals surface area contributed by atoms with Crippen LogP contribution in [-0.4, -0.2) is 49.9 Å². The monoisotopic (exact) mass is 253 g/mol. The Morgan fingerprint density at radius 2 is 2.00 bits per heavy atom. The van der Waals surface area contributed by atoms with E-state index in [1.54, 1.807) is 11.3 Å². The lowest BCUT2D eigenvalue weighted by Gasteiger charge is -2.18. The Labute approximate surface area is 106 Å². The van der Waals surface area contributed by atoms with E-state index in [9.17, 15) is 4.79 Å². The molecule has 1 aliphatic rings. The standard InChI is InChI=1S/C12H19N3OS/c1-14(2)7-8-15(3)12-13-11-9(16)5-4-6-10(11)17-12/h4-8H2,1-3H3. The third-order valence-corrected chi connectivity index (χ3v) is 4.20. The van der Waals surface area contributed by atoms with E-state index >= 15 is 0 Å². The van der Waals surface area contributed by atoms with Gasteiger partial charge in [-0.2, -0.15) is 0 Å². The number of aromatic nitrogens is 1. The van der Waals surface area contributed by atoms with Crippen molar-refractivity contribution in [1.82, 2.24) is 9.88 Å². The van der Waals surface area contributed by atoms with E-state index in [1.807, 2.05) is 7.05 Å². The van der Waals surface area contributed by atoms with Crippen molar-refractivity contribution in [3.05, 3.63) is 10.6 Å². The molecule has 0 spiro atoms. The fourth-order valence-corrected chi connectivity index (χ4v) is 2.97. The van der Waals surface area contributed by atoms with Gasteiger partial charge in [-0.1, -0.05) is 0 Å². The lowest BCUT2D eigenvalue weighted by atomic mass is 10.0. The van der Waals surface area contributed by atoms with Crippen molar-refractivity contribution in [2.45, 2.75) is 19.3 Å². The van der Waals surface area contributed by atoms with Gasteiger partial charge in [0.05, 0.1) is 0 Å². The topological polar surface area (TPSA) is 36.4 Å². The molecule has 0 saturated heterocycles. The lowest BCUT2D eigenvalue weighted by molar-refractivity contribution is 0.0968. The molecule has 5 heteroatoms. The summed E-state index contributed by atoms with van der Waals surface area (Å²) in [5.41, 5.74) is 0.730. The minimum Gasteiger partial charge on any atom is -0.350 e. The highest BCUT2D eigenvalue weighted by atomic mass is 32.1. The fourth-order valence-electron chi connectivity index (χ4n) is 1.86. The van der Waals surface area contributed by atoms with E-state index in [-0.39, 0.29) is 5.78 Å². The van der Waals surface area contributed by atoms with Crippen molar-refractivity contribution in [1.29, 1.82) is 0 Å². The maximum atomic E-state index is 11.7. The van der Waals surface area contributed by atoms with Crippen molar-refractivity contribution in [2.24, 2.45) is 0 Å². The molecule has 0 amide bonds. The van der Waals surface area contributed by atoms with E-state index in [4.69, 9.17) is 0 Å².